The van der Waals surface area contributed by atoms with Crippen LogP contribution in [-0.4, -0.2) is 21.0 Å². The first kappa shape index (κ1) is 12.7. The lowest BCUT2D eigenvalue weighted by Crippen LogP contribution is -2.24. The van der Waals surface area contributed by atoms with Gasteiger partial charge in [-0.1, -0.05) is 23.8 Å². The maximum absolute atomic E-state index is 10.3. The molecule has 94 valence electrons. The molecule has 0 fully saturated rings. The lowest BCUT2D eigenvalue weighted by atomic mass is 9.87. The summed E-state index contributed by atoms with van der Waals surface area (Å²) in [6.45, 7) is 1.89. The fraction of sp³-hybridized carbons (Fsp3) is 0.615. The van der Waals surface area contributed by atoms with Crippen LogP contribution in [0.4, 0.5) is 0 Å². The number of aliphatic hydroxyl groups excluding tert-OH is 1. The van der Waals surface area contributed by atoms with Gasteiger partial charge in [-0.3, -0.25) is 4.68 Å². The molecule has 1 aliphatic rings. The Balaban J connectivity index is 2.07. The van der Waals surface area contributed by atoms with Gasteiger partial charge in [0.2, 0.25) is 0 Å². The fourth-order valence-corrected chi connectivity index (χ4v) is 2.67. The number of halogens is 1. The summed E-state index contributed by atoms with van der Waals surface area (Å²) in [7, 11) is 1.88. The highest BCUT2D eigenvalue weighted by Crippen LogP contribution is 2.27. The first-order valence-electron chi connectivity index (χ1n) is 6.10. The summed E-state index contributed by atoms with van der Waals surface area (Å²) in [5.74, 6) is 0.353. The number of aliphatic hydroxyl groups is 1. The molecule has 1 N–H and O–H groups in total. The van der Waals surface area contributed by atoms with E-state index in [1.165, 1.54) is 0 Å². The van der Waals surface area contributed by atoms with Crippen molar-refractivity contribution in [3.05, 3.63) is 28.6 Å². The summed E-state index contributed by atoms with van der Waals surface area (Å²) in [6.07, 6.45) is 7.71. The average molecular weight is 255 g/mol. The number of nitrogens with zero attached hydrogens (tertiary/aromatic N) is 2. The number of hydrogen-bond donors (Lipinski definition) is 1. The Morgan fingerprint density at radius 2 is 2.35 bits per heavy atom. The van der Waals surface area contributed by atoms with E-state index in [4.69, 9.17) is 11.6 Å². The van der Waals surface area contributed by atoms with Crippen LogP contribution in [0.25, 0.3) is 0 Å². The Kier molecular flexibility index (Phi) is 3.89. The van der Waals surface area contributed by atoms with Gasteiger partial charge in [0.25, 0.3) is 0 Å². The van der Waals surface area contributed by atoms with Crippen molar-refractivity contribution in [2.45, 2.75) is 38.7 Å². The molecule has 2 rings (SSSR count). The van der Waals surface area contributed by atoms with E-state index in [9.17, 15) is 5.11 Å². The molecule has 0 aromatic carbocycles. The largest absolute Gasteiger partial charge is 0.392 e. The maximum atomic E-state index is 10.3. The molecule has 2 atom stereocenters. The predicted octanol–water partition coefficient (Wildman–Crippen LogP) is 2.64. The standard InChI is InChI=1S/C13H19ClN2O/c1-9-13(14)11(16(2)15-9)8-12(17)10-6-4-3-5-7-10/h3-4,10,12,17H,5-8H2,1-2H3. The van der Waals surface area contributed by atoms with E-state index in [1.54, 1.807) is 4.68 Å². The van der Waals surface area contributed by atoms with Crippen molar-refractivity contribution >= 4 is 11.6 Å². The van der Waals surface area contributed by atoms with Crippen molar-refractivity contribution in [2.75, 3.05) is 0 Å². The molecule has 1 aromatic heterocycles. The molecule has 0 saturated heterocycles. The molecule has 0 amide bonds. The second-order valence-electron chi connectivity index (χ2n) is 4.79. The monoisotopic (exact) mass is 254 g/mol. The first-order valence-corrected chi connectivity index (χ1v) is 6.48. The highest BCUT2D eigenvalue weighted by Gasteiger charge is 2.23. The molecule has 1 heterocycles. The Labute approximate surface area is 107 Å². The zero-order chi connectivity index (χ0) is 12.4. The zero-order valence-corrected chi connectivity index (χ0v) is 11.1. The van der Waals surface area contributed by atoms with Crippen LogP contribution in [0.1, 0.15) is 30.7 Å². The Morgan fingerprint density at radius 3 is 2.88 bits per heavy atom. The van der Waals surface area contributed by atoms with Crippen LogP contribution in [-0.2, 0) is 13.5 Å². The van der Waals surface area contributed by atoms with Gasteiger partial charge in [-0.2, -0.15) is 5.10 Å². The quantitative estimate of drug-likeness (QED) is 0.843. The molecule has 1 aliphatic carbocycles. The number of rotatable bonds is 3. The van der Waals surface area contributed by atoms with Crippen LogP contribution in [0, 0.1) is 12.8 Å². The lowest BCUT2D eigenvalue weighted by Gasteiger charge is -2.23. The molecule has 0 radical (unpaired) electrons. The van der Waals surface area contributed by atoms with Gasteiger partial charge in [0.05, 0.1) is 22.5 Å². The number of aryl methyl sites for hydroxylation is 2. The highest BCUT2D eigenvalue weighted by molar-refractivity contribution is 6.31. The van der Waals surface area contributed by atoms with Crippen LogP contribution >= 0.6 is 11.6 Å². The van der Waals surface area contributed by atoms with Gasteiger partial charge < -0.3 is 5.11 Å². The van der Waals surface area contributed by atoms with Gasteiger partial charge in [-0.05, 0) is 32.1 Å². The summed E-state index contributed by atoms with van der Waals surface area (Å²) >= 11 is 6.19. The van der Waals surface area contributed by atoms with Crippen molar-refractivity contribution in [1.29, 1.82) is 0 Å². The molecule has 2 unspecified atom stereocenters. The molecular weight excluding hydrogens is 236 g/mol. The summed E-state index contributed by atoms with van der Waals surface area (Å²) in [5, 5.41) is 15.2. The van der Waals surface area contributed by atoms with E-state index in [2.05, 4.69) is 17.3 Å². The summed E-state index contributed by atoms with van der Waals surface area (Å²) < 4.78 is 1.78. The van der Waals surface area contributed by atoms with Gasteiger partial charge >= 0.3 is 0 Å². The third-order valence-corrected chi connectivity index (χ3v) is 4.01. The van der Waals surface area contributed by atoms with Crippen molar-refractivity contribution in [1.82, 2.24) is 9.78 Å². The summed E-state index contributed by atoms with van der Waals surface area (Å²) in [4.78, 5) is 0. The minimum Gasteiger partial charge on any atom is -0.392 e. The highest BCUT2D eigenvalue weighted by atomic mass is 35.5. The Hall–Kier alpha value is -0.800. The van der Waals surface area contributed by atoms with Gasteiger partial charge in [-0.15, -0.1) is 0 Å². The van der Waals surface area contributed by atoms with Crippen molar-refractivity contribution in [2.24, 2.45) is 13.0 Å². The van der Waals surface area contributed by atoms with E-state index < -0.39 is 0 Å². The smallest absolute Gasteiger partial charge is 0.0847 e. The van der Waals surface area contributed by atoms with E-state index >= 15 is 0 Å². The third kappa shape index (κ3) is 2.72. The van der Waals surface area contributed by atoms with E-state index in [1.807, 2.05) is 14.0 Å². The minimum absolute atomic E-state index is 0.327. The Bertz CT molecular complexity index is 425. The lowest BCUT2D eigenvalue weighted by molar-refractivity contribution is 0.100. The molecule has 17 heavy (non-hydrogen) atoms. The van der Waals surface area contributed by atoms with Gasteiger partial charge in [0, 0.05) is 13.5 Å². The molecule has 0 bridgehead atoms. The summed E-state index contributed by atoms with van der Waals surface area (Å²) in [6, 6.07) is 0. The number of allylic oxidation sites excluding steroid dienone is 2. The van der Waals surface area contributed by atoms with Crippen LogP contribution in [0.2, 0.25) is 5.02 Å². The van der Waals surface area contributed by atoms with Crippen LogP contribution in [0.15, 0.2) is 12.2 Å². The normalized spacial score (nSPS) is 21.8. The zero-order valence-electron chi connectivity index (χ0n) is 10.4. The van der Waals surface area contributed by atoms with E-state index in [-0.39, 0.29) is 6.10 Å². The van der Waals surface area contributed by atoms with Crippen LogP contribution in [0.3, 0.4) is 0 Å². The number of hydrogen-bond acceptors (Lipinski definition) is 2. The molecule has 0 saturated carbocycles. The SMILES string of the molecule is Cc1nn(C)c(CC(O)C2CC=CCC2)c1Cl. The fourth-order valence-electron chi connectivity index (χ4n) is 2.43. The average Bonchev–Trinajstić information content (AvgIpc) is 2.57. The predicted molar refractivity (Wildman–Crippen MR) is 69.1 cm³/mol. The van der Waals surface area contributed by atoms with Gasteiger partial charge in [-0.25, -0.2) is 0 Å². The molecule has 4 heteroatoms. The van der Waals surface area contributed by atoms with Crippen LogP contribution in [0.5, 0.6) is 0 Å². The molecule has 0 aliphatic heterocycles. The van der Waals surface area contributed by atoms with E-state index in [0.29, 0.717) is 17.4 Å². The van der Waals surface area contributed by atoms with Crippen LogP contribution < -0.4 is 0 Å². The van der Waals surface area contributed by atoms with E-state index in [0.717, 1.165) is 30.7 Å². The second kappa shape index (κ2) is 5.23. The molecule has 1 aromatic rings. The molecule has 0 spiro atoms. The second-order valence-corrected chi connectivity index (χ2v) is 5.16. The van der Waals surface area contributed by atoms with Crippen molar-refractivity contribution in [3.63, 3.8) is 0 Å². The van der Waals surface area contributed by atoms with Gasteiger partial charge in [0.15, 0.2) is 0 Å². The van der Waals surface area contributed by atoms with Gasteiger partial charge in [0.1, 0.15) is 0 Å². The maximum Gasteiger partial charge on any atom is 0.0847 e. The first-order chi connectivity index (χ1) is 8.09. The van der Waals surface area contributed by atoms with Crippen molar-refractivity contribution < 1.29 is 5.11 Å². The molecule has 3 nitrogen and oxygen atoms in total. The third-order valence-electron chi connectivity index (χ3n) is 3.52. The molecular formula is C13H19ClN2O. The van der Waals surface area contributed by atoms with Crippen molar-refractivity contribution in [3.8, 4) is 0 Å². The summed E-state index contributed by atoms with van der Waals surface area (Å²) in [5.41, 5.74) is 1.77. The number of aromatic nitrogens is 2. The topological polar surface area (TPSA) is 38.0 Å². The Morgan fingerprint density at radius 1 is 1.59 bits per heavy atom. The minimum atomic E-state index is -0.327.